The van der Waals surface area contributed by atoms with Crippen molar-refractivity contribution in [2.24, 2.45) is 10.7 Å². The number of nitrogens with zero attached hydrogens (tertiary/aromatic N) is 2. The molecule has 0 saturated carbocycles. The minimum absolute atomic E-state index is 0.195. The molecule has 18 heavy (non-hydrogen) atoms. The van der Waals surface area contributed by atoms with Gasteiger partial charge in [0, 0.05) is 17.8 Å². The Labute approximate surface area is 107 Å². The first kappa shape index (κ1) is 12.4. The molecule has 0 fully saturated rings. The van der Waals surface area contributed by atoms with Crippen LogP contribution in [0.3, 0.4) is 0 Å². The van der Waals surface area contributed by atoms with Gasteiger partial charge in [-0.1, -0.05) is 12.1 Å². The molecular formula is C14H18N4. The molecule has 2 aromatic rings. The van der Waals surface area contributed by atoms with E-state index in [1.54, 1.807) is 6.20 Å². The number of anilines is 1. The summed E-state index contributed by atoms with van der Waals surface area (Å²) in [6.07, 6.45) is 3.60. The Morgan fingerprint density at radius 1 is 1.28 bits per heavy atom. The zero-order chi connectivity index (χ0) is 13.2. The molecule has 3 N–H and O–H groups in total. The van der Waals surface area contributed by atoms with Gasteiger partial charge < -0.3 is 11.1 Å². The van der Waals surface area contributed by atoms with Crippen LogP contribution in [0.5, 0.6) is 0 Å². The van der Waals surface area contributed by atoms with Crippen molar-refractivity contribution in [3.8, 4) is 0 Å². The van der Waals surface area contributed by atoms with Crippen molar-refractivity contribution in [1.82, 2.24) is 4.98 Å². The summed E-state index contributed by atoms with van der Waals surface area (Å²) in [6, 6.07) is 7.96. The number of aromatic nitrogens is 1. The minimum Gasteiger partial charge on any atom is -0.370 e. The smallest absolute Gasteiger partial charge is 0.193 e. The van der Waals surface area contributed by atoms with Crippen molar-refractivity contribution in [2.45, 2.75) is 26.3 Å². The molecule has 0 amide bonds. The highest BCUT2D eigenvalue weighted by Crippen LogP contribution is 2.21. The Balaban J connectivity index is 2.35. The summed E-state index contributed by atoms with van der Waals surface area (Å²) in [6.45, 7) is 6.02. The SMILES string of the molecule is CC(C)(C)N=C(N)Nc1cccc2ccncc12. The highest BCUT2D eigenvalue weighted by atomic mass is 15.1. The van der Waals surface area contributed by atoms with Gasteiger partial charge in [-0.25, -0.2) is 4.99 Å². The maximum atomic E-state index is 5.90. The Hall–Kier alpha value is -2.10. The fourth-order valence-corrected chi connectivity index (χ4v) is 1.75. The van der Waals surface area contributed by atoms with Crippen LogP contribution in [-0.2, 0) is 0 Å². The van der Waals surface area contributed by atoms with Gasteiger partial charge in [0.15, 0.2) is 5.96 Å². The fourth-order valence-electron chi connectivity index (χ4n) is 1.75. The Kier molecular flexibility index (Phi) is 3.19. The molecule has 94 valence electrons. The number of guanidine groups is 1. The predicted octanol–water partition coefficient (Wildman–Crippen LogP) is 2.76. The van der Waals surface area contributed by atoms with Crippen LogP contribution in [0, 0.1) is 0 Å². The molecule has 0 spiro atoms. The zero-order valence-corrected chi connectivity index (χ0v) is 10.9. The van der Waals surface area contributed by atoms with E-state index in [-0.39, 0.29) is 5.54 Å². The van der Waals surface area contributed by atoms with Crippen LogP contribution < -0.4 is 11.1 Å². The summed E-state index contributed by atoms with van der Waals surface area (Å²) >= 11 is 0. The van der Waals surface area contributed by atoms with E-state index in [1.807, 2.05) is 51.2 Å². The number of benzene rings is 1. The first-order chi connectivity index (χ1) is 8.46. The van der Waals surface area contributed by atoms with E-state index >= 15 is 0 Å². The Morgan fingerprint density at radius 2 is 2.06 bits per heavy atom. The number of pyridine rings is 1. The second kappa shape index (κ2) is 4.64. The normalized spacial score (nSPS) is 12.7. The maximum absolute atomic E-state index is 5.90. The summed E-state index contributed by atoms with van der Waals surface area (Å²) in [5.74, 6) is 0.416. The molecule has 0 bridgehead atoms. The summed E-state index contributed by atoms with van der Waals surface area (Å²) in [7, 11) is 0. The average molecular weight is 242 g/mol. The first-order valence-corrected chi connectivity index (χ1v) is 5.91. The third-order valence-electron chi connectivity index (χ3n) is 2.40. The minimum atomic E-state index is -0.195. The molecule has 0 aliphatic heterocycles. The number of rotatable bonds is 1. The molecular weight excluding hydrogens is 224 g/mol. The van der Waals surface area contributed by atoms with Crippen LogP contribution in [0.1, 0.15) is 20.8 Å². The van der Waals surface area contributed by atoms with E-state index in [4.69, 9.17) is 5.73 Å². The molecule has 4 heteroatoms. The molecule has 0 saturated heterocycles. The lowest BCUT2D eigenvalue weighted by atomic mass is 10.1. The summed E-state index contributed by atoms with van der Waals surface area (Å²) in [5, 5.41) is 5.29. The lowest BCUT2D eigenvalue weighted by molar-refractivity contribution is 0.583. The molecule has 0 unspecified atom stereocenters. The van der Waals surface area contributed by atoms with Crippen molar-refractivity contribution >= 4 is 22.4 Å². The Morgan fingerprint density at radius 3 is 2.78 bits per heavy atom. The fraction of sp³-hybridized carbons (Fsp3) is 0.286. The third-order valence-corrected chi connectivity index (χ3v) is 2.40. The third kappa shape index (κ3) is 2.97. The van der Waals surface area contributed by atoms with Gasteiger partial charge in [0.2, 0.25) is 0 Å². The summed E-state index contributed by atoms with van der Waals surface area (Å²) in [5.41, 5.74) is 6.63. The monoisotopic (exact) mass is 242 g/mol. The summed E-state index contributed by atoms with van der Waals surface area (Å²) in [4.78, 5) is 8.51. The predicted molar refractivity (Wildman–Crippen MR) is 76.7 cm³/mol. The van der Waals surface area contributed by atoms with E-state index in [0.29, 0.717) is 5.96 Å². The number of aliphatic imine (C=N–C) groups is 1. The van der Waals surface area contributed by atoms with Crippen molar-refractivity contribution in [2.75, 3.05) is 5.32 Å². The van der Waals surface area contributed by atoms with Gasteiger partial charge in [-0.15, -0.1) is 0 Å². The summed E-state index contributed by atoms with van der Waals surface area (Å²) < 4.78 is 0. The molecule has 0 aliphatic carbocycles. The van der Waals surface area contributed by atoms with Gasteiger partial charge in [0.25, 0.3) is 0 Å². The van der Waals surface area contributed by atoms with Crippen LogP contribution >= 0.6 is 0 Å². The molecule has 0 atom stereocenters. The quantitative estimate of drug-likeness (QED) is 0.597. The van der Waals surface area contributed by atoms with E-state index < -0.39 is 0 Å². The van der Waals surface area contributed by atoms with Crippen LogP contribution in [0.2, 0.25) is 0 Å². The average Bonchev–Trinajstić information content (AvgIpc) is 2.27. The van der Waals surface area contributed by atoms with E-state index in [9.17, 15) is 0 Å². The number of nitrogens with one attached hydrogen (secondary N) is 1. The highest BCUT2D eigenvalue weighted by Gasteiger charge is 2.09. The molecule has 0 radical (unpaired) electrons. The lowest BCUT2D eigenvalue weighted by Gasteiger charge is -2.15. The van der Waals surface area contributed by atoms with Gasteiger partial charge in [0.05, 0.1) is 11.2 Å². The maximum Gasteiger partial charge on any atom is 0.193 e. The first-order valence-electron chi connectivity index (χ1n) is 5.91. The van der Waals surface area contributed by atoms with Crippen molar-refractivity contribution < 1.29 is 0 Å². The lowest BCUT2D eigenvalue weighted by Crippen LogP contribution is -2.27. The van der Waals surface area contributed by atoms with Gasteiger partial charge >= 0.3 is 0 Å². The number of hydrogen-bond donors (Lipinski definition) is 2. The largest absolute Gasteiger partial charge is 0.370 e. The van der Waals surface area contributed by atoms with Gasteiger partial charge in [-0.2, -0.15) is 0 Å². The molecule has 1 aromatic carbocycles. The molecule has 1 heterocycles. The number of nitrogens with two attached hydrogens (primary N) is 1. The van der Waals surface area contributed by atoms with E-state index in [2.05, 4.69) is 15.3 Å². The number of hydrogen-bond acceptors (Lipinski definition) is 2. The molecule has 1 aromatic heterocycles. The molecule has 2 rings (SSSR count). The van der Waals surface area contributed by atoms with Crippen molar-refractivity contribution in [3.05, 3.63) is 36.7 Å². The van der Waals surface area contributed by atoms with Crippen molar-refractivity contribution in [1.29, 1.82) is 0 Å². The van der Waals surface area contributed by atoms with Crippen LogP contribution in [0.4, 0.5) is 5.69 Å². The van der Waals surface area contributed by atoms with Crippen LogP contribution in [0.25, 0.3) is 10.8 Å². The van der Waals surface area contributed by atoms with E-state index in [0.717, 1.165) is 16.5 Å². The topological polar surface area (TPSA) is 63.3 Å². The van der Waals surface area contributed by atoms with Crippen LogP contribution in [0.15, 0.2) is 41.7 Å². The van der Waals surface area contributed by atoms with Gasteiger partial charge in [-0.05, 0) is 38.3 Å². The zero-order valence-electron chi connectivity index (χ0n) is 10.9. The molecule has 4 nitrogen and oxygen atoms in total. The van der Waals surface area contributed by atoms with Crippen molar-refractivity contribution in [3.63, 3.8) is 0 Å². The Bertz CT molecular complexity index is 576. The number of fused-ring (bicyclic) bond motifs is 1. The second-order valence-electron chi connectivity index (χ2n) is 5.20. The van der Waals surface area contributed by atoms with Gasteiger partial charge in [0.1, 0.15) is 0 Å². The van der Waals surface area contributed by atoms with Crippen LogP contribution in [-0.4, -0.2) is 16.5 Å². The van der Waals surface area contributed by atoms with E-state index in [1.165, 1.54) is 0 Å². The molecule has 0 aliphatic rings. The van der Waals surface area contributed by atoms with Gasteiger partial charge in [-0.3, -0.25) is 4.98 Å². The standard InChI is InChI=1S/C14H18N4/c1-14(2,3)18-13(15)17-12-6-4-5-10-7-8-16-9-11(10)12/h4-9H,1-3H3,(H3,15,17,18). The second-order valence-corrected chi connectivity index (χ2v) is 5.20. The highest BCUT2D eigenvalue weighted by molar-refractivity contribution is 6.02.